The fourth-order valence-electron chi connectivity index (χ4n) is 4.68. The second kappa shape index (κ2) is 12.7. The molecule has 1 atom stereocenters. The van der Waals surface area contributed by atoms with Gasteiger partial charge in [0.1, 0.15) is 11.6 Å². The third-order valence-electron chi connectivity index (χ3n) is 6.96. The van der Waals surface area contributed by atoms with Crippen LogP contribution in [0.4, 0.5) is 17.1 Å². The maximum Gasteiger partial charge on any atom is 0.282 e. The molecular formula is C32H28N6O5. The van der Waals surface area contributed by atoms with Crippen LogP contribution in [0.1, 0.15) is 31.8 Å². The average molecular weight is 577 g/mol. The second-order valence-corrected chi connectivity index (χ2v) is 9.82. The van der Waals surface area contributed by atoms with Crippen molar-refractivity contribution in [3.05, 3.63) is 136 Å². The minimum atomic E-state index is -1.03. The Hall–Kier alpha value is -5.97. The van der Waals surface area contributed by atoms with Gasteiger partial charge in [-0.15, -0.1) is 0 Å². The SMILES string of the molecule is Nc1ccccc1NC(=O)c1ccc(CNC(=O)C(Cc2c[nH]c3ccccc23)NC(=O)c2ccccc2[N+](=O)[O-])cc1. The van der Waals surface area contributed by atoms with Gasteiger partial charge in [0.05, 0.1) is 16.3 Å². The molecule has 0 bridgehead atoms. The zero-order valence-corrected chi connectivity index (χ0v) is 22.9. The summed E-state index contributed by atoms with van der Waals surface area (Å²) in [6.07, 6.45) is 1.92. The van der Waals surface area contributed by atoms with E-state index in [1.54, 1.807) is 54.7 Å². The molecule has 0 saturated heterocycles. The zero-order chi connectivity index (χ0) is 30.3. The lowest BCUT2D eigenvalue weighted by Crippen LogP contribution is -2.48. The molecule has 3 amide bonds. The highest BCUT2D eigenvalue weighted by molar-refractivity contribution is 6.05. The molecule has 0 aliphatic heterocycles. The van der Waals surface area contributed by atoms with Gasteiger partial charge in [-0.25, -0.2) is 0 Å². The van der Waals surface area contributed by atoms with Crippen LogP contribution in [0, 0.1) is 10.1 Å². The van der Waals surface area contributed by atoms with Crippen LogP contribution in [0.25, 0.3) is 10.9 Å². The van der Waals surface area contributed by atoms with E-state index in [1.807, 2.05) is 24.3 Å². The van der Waals surface area contributed by atoms with Crippen molar-refractivity contribution < 1.29 is 19.3 Å². The smallest absolute Gasteiger partial charge is 0.282 e. The highest BCUT2D eigenvalue weighted by Crippen LogP contribution is 2.21. The van der Waals surface area contributed by atoms with E-state index in [4.69, 9.17) is 5.73 Å². The van der Waals surface area contributed by atoms with Crippen LogP contribution in [0.15, 0.2) is 103 Å². The third kappa shape index (κ3) is 6.68. The molecule has 0 aliphatic rings. The molecule has 5 aromatic rings. The number of hydrogen-bond acceptors (Lipinski definition) is 6. The number of aromatic nitrogens is 1. The molecule has 11 heteroatoms. The van der Waals surface area contributed by atoms with Crippen molar-refractivity contribution in [2.45, 2.75) is 19.0 Å². The van der Waals surface area contributed by atoms with Crippen molar-refractivity contribution in [2.24, 2.45) is 0 Å². The van der Waals surface area contributed by atoms with Gasteiger partial charge in [0.25, 0.3) is 17.5 Å². The Morgan fingerprint density at radius 3 is 2.33 bits per heavy atom. The van der Waals surface area contributed by atoms with E-state index in [2.05, 4.69) is 20.9 Å². The highest BCUT2D eigenvalue weighted by atomic mass is 16.6. The number of nitro groups is 1. The minimum absolute atomic E-state index is 0.123. The highest BCUT2D eigenvalue weighted by Gasteiger charge is 2.26. The molecule has 1 heterocycles. The molecule has 0 radical (unpaired) electrons. The Kier molecular flexibility index (Phi) is 8.43. The number of nitrogens with one attached hydrogen (secondary N) is 4. The number of para-hydroxylation sites is 4. The number of carbonyl (C=O) groups excluding carboxylic acids is 3. The van der Waals surface area contributed by atoms with Gasteiger partial charge in [-0.3, -0.25) is 24.5 Å². The largest absolute Gasteiger partial charge is 0.397 e. The van der Waals surface area contributed by atoms with Crippen molar-refractivity contribution in [3.63, 3.8) is 0 Å². The molecule has 0 fully saturated rings. The molecule has 1 unspecified atom stereocenters. The van der Waals surface area contributed by atoms with Gasteiger partial charge < -0.3 is 26.7 Å². The summed E-state index contributed by atoms with van der Waals surface area (Å²) in [5.74, 6) is -1.54. The number of H-pyrrole nitrogens is 1. The standard InChI is InChI=1S/C32H28N6O5/c33-25-9-3-5-11-27(25)36-30(39)21-15-13-20(14-16-21)18-35-32(41)28(17-22-19-34-26-10-4-1-7-23(22)26)37-31(40)24-8-2-6-12-29(24)38(42)43/h1-16,19,28,34H,17-18,33H2,(H,35,41)(H,36,39)(H,37,40). The molecule has 5 rings (SSSR count). The Bertz CT molecular complexity index is 1810. The Balaban J connectivity index is 1.30. The van der Waals surface area contributed by atoms with Gasteiger partial charge in [0.15, 0.2) is 0 Å². The average Bonchev–Trinajstić information content (AvgIpc) is 3.43. The first-order valence-corrected chi connectivity index (χ1v) is 13.4. The number of fused-ring (bicyclic) bond motifs is 1. The normalized spacial score (nSPS) is 11.4. The van der Waals surface area contributed by atoms with Crippen LogP contribution in [0.2, 0.25) is 0 Å². The second-order valence-electron chi connectivity index (χ2n) is 9.82. The van der Waals surface area contributed by atoms with Crippen molar-refractivity contribution in [2.75, 3.05) is 11.1 Å². The maximum absolute atomic E-state index is 13.4. The number of nitro benzene ring substituents is 1. The van der Waals surface area contributed by atoms with Crippen LogP contribution in [0.3, 0.4) is 0 Å². The molecule has 0 spiro atoms. The number of amides is 3. The topological polar surface area (TPSA) is 172 Å². The molecule has 6 N–H and O–H groups in total. The fraction of sp³-hybridized carbons (Fsp3) is 0.0938. The van der Waals surface area contributed by atoms with Gasteiger partial charge in [0, 0.05) is 41.7 Å². The molecule has 0 aliphatic carbocycles. The number of benzene rings is 4. The van der Waals surface area contributed by atoms with Crippen molar-refractivity contribution in [3.8, 4) is 0 Å². The molecule has 4 aromatic carbocycles. The molecule has 1 aromatic heterocycles. The lowest BCUT2D eigenvalue weighted by Gasteiger charge is -2.19. The van der Waals surface area contributed by atoms with E-state index in [0.717, 1.165) is 22.0 Å². The third-order valence-corrected chi connectivity index (χ3v) is 6.96. The number of rotatable bonds is 10. The van der Waals surface area contributed by atoms with Gasteiger partial charge >= 0.3 is 0 Å². The van der Waals surface area contributed by atoms with Crippen LogP contribution in [-0.4, -0.2) is 33.7 Å². The first kappa shape index (κ1) is 28.6. The van der Waals surface area contributed by atoms with Gasteiger partial charge in [0.2, 0.25) is 5.91 Å². The molecule has 0 saturated carbocycles. The summed E-state index contributed by atoms with van der Waals surface area (Å²) in [7, 11) is 0. The Morgan fingerprint density at radius 1 is 0.860 bits per heavy atom. The Morgan fingerprint density at radius 2 is 1.56 bits per heavy atom. The molecular weight excluding hydrogens is 548 g/mol. The van der Waals surface area contributed by atoms with Crippen LogP contribution >= 0.6 is 0 Å². The van der Waals surface area contributed by atoms with E-state index in [9.17, 15) is 24.5 Å². The monoisotopic (exact) mass is 576 g/mol. The van der Waals surface area contributed by atoms with E-state index in [0.29, 0.717) is 16.9 Å². The van der Waals surface area contributed by atoms with E-state index in [1.165, 1.54) is 24.3 Å². The predicted molar refractivity (Wildman–Crippen MR) is 163 cm³/mol. The first-order valence-electron chi connectivity index (χ1n) is 13.4. The van der Waals surface area contributed by atoms with Crippen LogP contribution in [0.5, 0.6) is 0 Å². The molecule has 43 heavy (non-hydrogen) atoms. The van der Waals surface area contributed by atoms with Crippen LogP contribution < -0.4 is 21.7 Å². The quantitative estimate of drug-likeness (QED) is 0.0926. The number of anilines is 2. The molecule has 216 valence electrons. The minimum Gasteiger partial charge on any atom is -0.397 e. The van der Waals surface area contributed by atoms with E-state index in [-0.39, 0.29) is 30.1 Å². The lowest BCUT2D eigenvalue weighted by atomic mass is 10.0. The summed E-state index contributed by atoms with van der Waals surface area (Å²) in [5, 5.41) is 20.7. The summed E-state index contributed by atoms with van der Waals surface area (Å²) in [5.41, 5.74) is 9.17. The van der Waals surface area contributed by atoms with Gasteiger partial charge in [-0.1, -0.05) is 54.6 Å². The summed E-state index contributed by atoms with van der Waals surface area (Å²) in [4.78, 5) is 53.2. The summed E-state index contributed by atoms with van der Waals surface area (Å²) < 4.78 is 0. The number of aromatic amines is 1. The predicted octanol–water partition coefficient (Wildman–Crippen LogP) is 4.57. The van der Waals surface area contributed by atoms with E-state index >= 15 is 0 Å². The Labute approximate surface area is 246 Å². The number of nitrogen functional groups attached to an aromatic ring is 1. The summed E-state index contributed by atoms with van der Waals surface area (Å²) >= 11 is 0. The van der Waals surface area contributed by atoms with E-state index < -0.39 is 22.8 Å². The van der Waals surface area contributed by atoms with Crippen LogP contribution in [-0.2, 0) is 17.8 Å². The summed E-state index contributed by atoms with van der Waals surface area (Å²) in [6.45, 7) is 0.123. The van der Waals surface area contributed by atoms with Gasteiger partial charge in [-0.05, 0) is 47.5 Å². The van der Waals surface area contributed by atoms with Crippen molar-refractivity contribution in [1.29, 1.82) is 0 Å². The number of nitrogens with two attached hydrogens (primary N) is 1. The number of hydrogen-bond donors (Lipinski definition) is 5. The number of carbonyl (C=O) groups is 3. The summed E-state index contributed by atoms with van der Waals surface area (Å²) in [6, 6.07) is 25.7. The van der Waals surface area contributed by atoms with Crippen molar-refractivity contribution in [1.82, 2.24) is 15.6 Å². The van der Waals surface area contributed by atoms with Gasteiger partial charge in [-0.2, -0.15) is 0 Å². The fourth-order valence-corrected chi connectivity index (χ4v) is 4.68. The molecule has 11 nitrogen and oxygen atoms in total. The maximum atomic E-state index is 13.4. The zero-order valence-electron chi connectivity index (χ0n) is 22.9. The number of nitrogens with zero attached hydrogens (tertiary/aromatic N) is 1. The lowest BCUT2D eigenvalue weighted by molar-refractivity contribution is -0.385. The van der Waals surface area contributed by atoms with Crippen molar-refractivity contribution >= 4 is 45.7 Å². The first-order chi connectivity index (χ1) is 20.8.